The number of aryl methyl sites for hydroxylation is 2. The highest BCUT2D eigenvalue weighted by molar-refractivity contribution is 6.32. The first-order chi connectivity index (χ1) is 10.2. The Hall–Kier alpha value is -1.06. The van der Waals surface area contributed by atoms with E-state index in [4.69, 9.17) is 16.6 Å². The van der Waals surface area contributed by atoms with Crippen molar-refractivity contribution in [1.82, 2.24) is 14.9 Å². The predicted octanol–water partition coefficient (Wildman–Crippen LogP) is 4.27. The van der Waals surface area contributed by atoms with Crippen LogP contribution in [0.25, 0.3) is 11.0 Å². The van der Waals surface area contributed by atoms with Crippen LogP contribution in [0.4, 0.5) is 0 Å². The molecular weight excluding hydrogens is 282 g/mol. The van der Waals surface area contributed by atoms with Crippen LogP contribution in [0.3, 0.4) is 0 Å². The molecule has 0 unspecified atom stereocenters. The minimum atomic E-state index is 0.578. The summed E-state index contributed by atoms with van der Waals surface area (Å²) in [6.45, 7) is 7.53. The molecule has 0 radical (unpaired) electrons. The molecule has 3 rings (SSSR count). The van der Waals surface area contributed by atoms with E-state index in [-0.39, 0.29) is 0 Å². The summed E-state index contributed by atoms with van der Waals surface area (Å²) in [6.07, 6.45) is 4.75. The fourth-order valence-corrected chi connectivity index (χ4v) is 3.37. The number of benzene rings is 1. The molecule has 1 aliphatic heterocycles. The van der Waals surface area contributed by atoms with Crippen LogP contribution in [-0.2, 0) is 6.54 Å². The number of unbranched alkanes of at least 4 members (excludes halogenated alkanes) is 1. The van der Waals surface area contributed by atoms with Gasteiger partial charge in [-0.1, -0.05) is 24.9 Å². The van der Waals surface area contributed by atoms with Gasteiger partial charge < -0.3 is 9.88 Å². The van der Waals surface area contributed by atoms with Crippen molar-refractivity contribution in [2.75, 3.05) is 13.1 Å². The minimum absolute atomic E-state index is 0.578. The van der Waals surface area contributed by atoms with Crippen molar-refractivity contribution < 1.29 is 0 Å². The van der Waals surface area contributed by atoms with E-state index in [2.05, 4.69) is 35.9 Å². The molecule has 21 heavy (non-hydrogen) atoms. The van der Waals surface area contributed by atoms with Gasteiger partial charge in [0.05, 0.1) is 11.0 Å². The monoisotopic (exact) mass is 305 g/mol. The van der Waals surface area contributed by atoms with Gasteiger partial charge in [0.1, 0.15) is 5.82 Å². The molecule has 0 amide bonds. The maximum absolute atomic E-state index is 6.34. The maximum Gasteiger partial charge on any atom is 0.113 e. The average molecular weight is 306 g/mol. The van der Waals surface area contributed by atoms with Crippen LogP contribution in [0.2, 0.25) is 5.02 Å². The zero-order chi connectivity index (χ0) is 14.8. The molecule has 1 fully saturated rings. The van der Waals surface area contributed by atoms with E-state index < -0.39 is 0 Å². The van der Waals surface area contributed by atoms with Gasteiger partial charge in [-0.2, -0.15) is 0 Å². The molecule has 0 atom stereocenters. The lowest BCUT2D eigenvalue weighted by molar-refractivity contribution is 0.430. The van der Waals surface area contributed by atoms with E-state index in [1.165, 1.54) is 37.0 Å². The van der Waals surface area contributed by atoms with Crippen molar-refractivity contribution in [3.05, 3.63) is 28.5 Å². The second-order valence-corrected chi connectivity index (χ2v) is 6.50. The van der Waals surface area contributed by atoms with Crippen molar-refractivity contribution in [1.29, 1.82) is 0 Å². The van der Waals surface area contributed by atoms with Gasteiger partial charge in [0.2, 0.25) is 0 Å². The summed E-state index contributed by atoms with van der Waals surface area (Å²) in [5, 5.41) is 4.29. The van der Waals surface area contributed by atoms with Gasteiger partial charge in [0.25, 0.3) is 0 Å². The summed E-state index contributed by atoms with van der Waals surface area (Å²) < 4.78 is 2.42. The molecule has 3 nitrogen and oxygen atoms in total. The van der Waals surface area contributed by atoms with Crippen molar-refractivity contribution in [2.45, 2.75) is 52.0 Å². The van der Waals surface area contributed by atoms with Crippen LogP contribution < -0.4 is 5.32 Å². The second kappa shape index (κ2) is 6.37. The molecule has 1 aromatic carbocycles. The number of aromatic nitrogens is 2. The molecule has 0 aliphatic carbocycles. The highest BCUT2D eigenvalue weighted by Gasteiger charge is 2.22. The van der Waals surface area contributed by atoms with Crippen molar-refractivity contribution in [3.63, 3.8) is 0 Å². The fourth-order valence-electron chi connectivity index (χ4n) is 3.21. The normalized spacial score (nSPS) is 16.7. The summed E-state index contributed by atoms with van der Waals surface area (Å²) in [5.41, 5.74) is 3.41. The summed E-state index contributed by atoms with van der Waals surface area (Å²) >= 11 is 6.34. The molecule has 114 valence electrons. The topological polar surface area (TPSA) is 29.9 Å². The molecule has 2 heterocycles. The molecule has 2 aromatic rings. The number of fused-ring (bicyclic) bond motifs is 1. The number of hydrogen-bond acceptors (Lipinski definition) is 2. The Bertz CT molecular complexity index is 626. The van der Waals surface area contributed by atoms with Gasteiger partial charge in [-0.15, -0.1) is 0 Å². The summed E-state index contributed by atoms with van der Waals surface area (Å²) in [5.74, 6) is 1.84. The Morgan fingerprint density at radius 3 is 2.81 bits per heavy atom. The van der Waals surface area contributed by atoms with Crippen LogP contribution in [-0.4, -0.2) is 22.6 Å². The van der Waals surface area contributed by atoms with Gasteiger partial charge in [0.15, 0.2) is 0 Å². The molecular formula is C17H24ClN3. The van der Waals surface area contributed by atoms with E-state index in [9.17, 15) is 0 Å². The van der Waals surface area contributed by atoms with E-state index >= 15 is 0 Å². The number of nitrogens with zero attached hydrogens (tertiary/aromatic N) is 2. The molecule has 4 heteroatoms. The van der Waals surface area contributed by atoms with Crippen molar-refractivity contribution in [3.8, 4) is 0 Å². The number of hydrogen-bond donors (Lipinski definition) is 1. The highest BCUT2D eigenvalue weighted by Crippen LogP contribution is 2.31. The maximum atomic E-state index is 6.34. The van der Waals surface area contributed by atoms with Crippen molar-refractivity contribution >= 4 is 22.6 Å². The summed E-state index contributed by atoms with van der Waals surface area (Å²) in [6, 6.07) is 4.23. The summed E-state index contributed by atoms with van der Waals surface area (Å²) in [4.78, 5) is 4.97. The van der Waals surface area contributed by atoms with Gasteiger partial charge in [-0.05, 0) is 57.0 Å². The van der Waals surface area contributed by atoms with Crippen LogP contribution >= 0.6 is 11.6 Å². The van der Waals surface area contributed by atoms with Gasteiger partial charge in [-0.25, -0.2) is 4.98 Å². The lowest BCUT2D eigenvalue weighted by atomic mass is 9.97. The highest BCUT2D eigenvalue weighted by atomic mass is 35.5. The molecule has 0 bridgehead atoms. The third kappa shape index (κ3) is 2.95. The quantitative estimate of drug-likeness (QED) is 0.914. The number of halogens is 1. The molecule has 0 saturated carbocycles. The number of imidazole rings is 1. The van der Waals surface area contributed by atoms with Crippen LogP contribution in [0, 0.1) is 6.92 Å². The van der Waals surface area contributed by atoms with Crippen LogP contribution in [0.5, 0.6) is 0 Å². The molecule has 1 N–H and O–H groups in total. The van der Waals surface area contributed by atoms with E-state index in [1.807, 2.05) is 0 Å². The minimum Gasteiger partial charge on any atom is -0.328 e. The first-order valence-corrected chi connectivity index (χ1v) is 8.45. The smallest absolute Gasteiger partial charge is 0.113 e. The third-order valence-electron chi connectivity index (χ3n) is 4.50. The average Bonchev–Trinajstić information content (AvgIpc) is 2.84. The molecule has 1 aromatic heterocycles. The van der Waals surface area contributed by atoms with Gasteiger partial charge in [-0.3, -0.25) is 0 Å². The van der Waals surface area contributed by atoms with E-state index in [0.717, 1.165) is 35.7 Å². The lowest BCUT2D eigenvalue weighted by Crippen LogP contribution is -2.28. The van der Waals surface area contributed by atoms with E-state index in [0.29, 0.717) is 5.92 Å². The Balaban J connectivity index is 2.07. The first kappa shape index (κ1) is 14.9. The zero-order valence-corrected chi connectivity index (χ0v) is 13.7. The standard InChI is InChI=1S/C17H24ClN3/c1-3-4-9-21-16-11-14(18)12(2)10-15(16)20-17(21)13-5-7-19-8-6-13/h10-11,13,19H,3-9H2,1-2H3. The van der Waals surface area contributed by atoms with Gasteiger partial charge >= 0.3 is 0 Å². The Morgan fingerprint density at radius 1 is 1.33 bits per heavy atom. The molecule has 1 saturated heterocycles. The lowest BCUT2D eigenvalue weighted by Gasteiger charge is -2.23. The Morgan fingerprint density at radius 2 is 2.10 bits per heavy atom. The van der Waals surface area contributed by atoms with Crippen LogP contribution in [0.15, 0.2) is 12.1 Å². The fraction of sp³-hybridized carbons (Fsp3) is 0.588. The number of nitrogens with one attached hydrogen (secondary N) is 1. The second-order valence-electron chi connectivity index (χ2n) is 6.09. The Kier molecular flexibility index (Phi) is 4.51. The summed E-state index contributed by atoms with van der Waals surface area (Å²) in [7, 11) is 0. The predicted molar refractivity (Wildman–Crippen MR) is 89.2 cm³/mol. The zero-order valence-electron chi connectivity index (χ0n) is 13.0. The first-order valence-electron chi connectivity index (χ1n) is 8.07. The molecule has 1 aliphatic rings. The van der Waals surface area contributed by atoms with Crippen molar-refractivity contribution in [2.24, 2.45) is 0 Å². The number of piperidine rings is 1. The largest absolute Gasteiger partial charge is 0.328 e. The molecule has 0 spiro atoms. The van der Waals surface area contributed by atoms with Gasteiger partial charge in [0, 0.05) is 17.5 Å². The Labute approximate surface area is 131 Å². The third-order valence-corrected chi connectivity index (χ3v) is 4.90. The van der Waals surface area contributed by atoms with Crippen LogP contribution in [0.1, 0.15) is 49.9 Å². The van der Waals surface area contributed by atoms with E-state index in [1.54, 1.807) is 0 Å². The SMILES string of the molecule is CCCCn1c(C2CCNCC2)nc2cc(C)c(Cl)cc21. The number of rotatable bonds is 4.